The fourth-order valence-corrected chi connectivity index (χ4v) is 4.50. The molecule has 0 spiro atoms. The van der Waals surface area contributed by atoms with Gasteiger partial charge < -0.3 is 9.47 Å². The summed E-state index contributed by atoms with van der Waals surface area (Å²) in [6.07, 6.45) is 4.75. The highest BCUT2D eigenvalue weighted by molar-refractivity contribution is 6.30. The second kappa shape index (κ2) is 9.49. The van der Waals surface area contributed by atoms with Gasteiger partial charge in [0.15, 0.2) is 0 Å². The molecule has 2 saturated carbocycles. The summed E-state index contributed by atoms with van der Waals surface area (Å²) in [5.41, 5.74) is 1.96. The number of amides is 2. The van der Waals surface area contributed by atoms with Gasteiger partial charge in [-0.15, -0.1) is 0 Å². The molecule has 35 heavy (non-hydrogen) atoms. The molecule has 0 atom stereocenters. The molecule has 1 aromatic heterocycles. The van der Waals surface area contributed by atoms with Crippen LogP contribution in [0.15, 0.2) is 30.5 Å². The van der Waals surface area contributed by atoms with E-state index >= 15 is 0 Å². The molecular formula is C27H36ClN3O4. The molecule has 7 nitrogen and oxygen atoms in total. The number of nitrogens with zero attached hydrogens (tertiary/aromatic N) is 3. The fourth-order valence-electron chi connectivity index (χ4n) is 4.31. The number of hydrogen-bond acceptors (Lipinski definition) is 5. The van der Waals surface area contributed by atoms with Crippen LogP contribution in [0.3, 0.4) is 0 Å². The van der Waals surface area contributed by atoms with Crippen molar-refractivity contribution in [3.63, 3.8) is 0 Å². The Hall–Kier alpha value is -2.54. The quantitative estimate of drug-likeness (QED) is 0.433. The van der Waals surface area contributed by atoms with E-state index < -0.39 is 23.4 Å². The SMILES string of the molecule is CC(C)(C)OC(=O)N(CC1CC(n2cc(-c3cccc(Cl)c3)c(C3CC3)n2)C1)C(=O)OC(C)(C)C. The van der Waals surface area contributed by atoms with Gasteiger partial charge in [-0.1, -0.05) is 23.7 Å². The average molecular weight is 502 g/mol. The highest BCUT2D eigenvalue weighted by atomic mass is 35.5. The van der Waals surface area contributed by atoms with Crippen molar-refractivity contribution in [1.82, 2.24) is 14.7 Å². The minimum absolute atomic E-state index is 0.156. The summed E-state index contributed by atoms with van der Waals surface area (Å²) in [6.45, 7) is 11.0. The molecule has 0 N–H and O–H groups in total. The third-order valence-corrected chi connectivity index (χ3v) is 6.35. The van der Waals surface area contributed by atoms with Crippen molar-refractivity contribution in [1.29, 1.82) is 0 Å². The van der Waals surface area contributed by atoms with Gasteiger partial charge in [0, 0.05) is 29.2 Å². The van der Waals surface area contributed by atoms with E-state index in [0.717, 1.165) is 34.6 Å². The van der Waals surface area contributed by atoms with E-state index in [9.17, 15) is 9.59 Å². The Morgan fingerprint density at radius 3 is 2.17 bits per heavy atom. The molecule has 1 aromatic carbocycles. The van der Waals surface area contributed by atoms with Gasteiger partial charge in [0.1, 0.15) is 11.2 Å². The number of aromatic nitrogens is 2. The topological polar surface area (TPSA) is 73.7 Å². The molecule has 2 amide bonds. The van der Waals surface area contributed by atoms with E-state index in [4.69, 9.17) is 26.2 Å². The molecule has 190 valence electrons. The first-order valence-corrected chi connectivity index (χ1v) is 12.8. The predicted molar refractivity (Wildman–Crippen MR) is 136 cm³/mol. The van der Waals surface area contributed by atoms with Crippen LogP contribution in [0.2, 0.25) is 5.02 Å². The van der Waals surface area contributed by atoms with Gasteiger partial charge in [0.05, 0.1) is 11.7 Å². The zero-order valence-corrected chi connectivity index (χ0v) is 22.3. The van der Waals surface area contributed by atoms with Crippen LogP contribution in [-0.4, -0.2) is 44.6 Å². The maximum absolute atomic E-state index is 12.8. The second-order valence-electron chi connectivity index (χ2n) is 11.8. The van der Waals surface area contributed by atoms with Gasteiger partial charge in [-0.05, 0) is 90.8 Å². The third kappa shape index (κ3) is 6.57. The number of imide groups is 1. The van der Waals surface area contributed by atoms with Crippen LogP contribution in [0.5, 0.6) is 0 Å². The second-order valence-corrected chi connectivity index (χ2v) is 12.2. The monoisotopic (exact) mass is 501 g/mol. The van der Waals surface area contributed by atoms with Crippen molar-refractivity contribution >= 4 is 23.8 Å². The van der Waals surface area contributed by atoms with Gasteiger partial charge in [-0.25, -0.2) is 14.5 Å². The predicted octanol–water partition coefficient (Wildman–Crippen LogP) is 7.20. The lowest BCUT2D eigenvalue weighted by Gasteiger charge is -2.38. The lowest BCUT2D eigenvalue weighted by molar-refractivity contribution is -0.00641. The summed E-state index contributed by atoms with van der Waals surface area (Å²) in [7, 11) is 0. The lowest BCUT2D eigenvalue weighted by atomic mass is 9.80. The molecule has 0 unspecified atom stereocenters. The van der Waals surface area contributed by atoms with Gasteiger partial charge in [0.25, 0.3) is 0 Å². The standard InChI is InChI=1S/C27H36ClN3O4/c1-26(2,3)34-24(32)30(25(33)35-27(4,5)6)15-17-12-21(13-17)31-16-22(23(29-31)18-10-11-18)19-8-7-9-20(28)14-19/h7-9,14,16-18,21H,10-13,15H2,1-6H3. The fraction of sp³-hybridized carbons (Fsp3) is 0.593. The maximum atomic E-state index is 12.8. The van der Waals surface area contributed by atoms with Crippen molar-refractivity contribution in [2.24, 2.45) is 5.92 Å². The molecule has 4 rings (SSSR count). The Kier molecular flexibility index (Phi) is 6.93. The molecule has 2 aromatic rings. The maximum Gasteiger partial charge on any atom is 0.419 e. The first-order valence-electron chi connectivity index (χ1n) is 12.4. The Morgan fingerprint density at radius 1 is 1.06 bits per heavy atom. The van der Waals surface area contributed by atoms with Crippen molar-refractivity contribution in [3.8, 4) is 11.1 Å². The number of hydrogen-bond donors (Lipinski definition) is 0. The number of benzene rings is 1. The van der Waals surface area contributed by atoms with Crippen molar-refractivity contribution in [2.45, 2.75) is 90.4 Å². The minimum Gasteiger partial charge on any atom is -0.443 e. The Labute approximate surface area is 212 Å². The molecule has 2 aliphatic carbocycles. The molecule has 1 heterocycles. The summed E-state index contributed by atoms with van der Waals surface area (Å²) < 4.78 is 13.0. The normalized spacial score (nSPS) is 20.2. The smallest absolute Gasteiger partial charge is 0.419 e. The highest BCUT2D eigenvalue weighted by Gasteiger charge is 2.39. The molecule has 0 bridgehead atoms. The zero-order valence-electron chi connectivity index (χ0n) is 21.5. The summed E-state index contributed by atoms with van der Waals surface area (Å²) in [5, 5.41) is 5.67. The van der Waals surface area contributed by atoms with Crippen LogP contribution in [0.4, 0.5) is 9.59 Å². The van der Waals surface area contributed by atoms with E-state index in [2.05, 4.69) is 16.9 Å². The van der Waals surface area contributed by atoms with Crippen LogP contribution in [0.1, 0.15) is 84.9 Å². The molecule has 0 saturated heterocycles. The Bertz CT molecular complexity index is 1060. The summed E-state index contributed by atoms with van der Waals surface area (Å²) >= 11 is 6.24. The van der Waals surface area contributed by atoms with Gasteiger partial charge >= 0.3 is 12.2 Å². The first kappa shape index (κ1) is 25.5. The number of halogens is 1. The number of rotatable bonds is 5. The Morgan fingerprint density at radius 2 is 1.66 bits per heavy atom. The lowest BCUT2D eigenvalue weighted by Crippen LogP contribution is -2.47. The van der Waals surface area contributed by atoms with Crippen LogP contribution in [0, 0.1) is 5.92 Å². The first-order chi connectivity index (χ1) is 16.3. The summed E-state index contributed by atoms with van der Waals surface area (Å²) in [6, 6.07) is 8.13. The van der Waals surface area contributed by atoms with Crippen molar-refractivity contribution < 1.29 is 19.1 Å². The molecule has 8 heteroatoms. The third-order valence-electron chi connectivity index (χ3n) is 6.11. The molecule has 0 aliphatic heterocycles. The Balaban J connectivity index is 1.45. The van der Waals surface area contributed by atoms with Crippen LogP contribution in [0.25, 0.3) is 11.1 Å². The average Bonchev–Trinajstić information content (AvgIpc) is 3.43. The zero-order chi connectivity index (χ0) is 25.5. The highest BCUT2D eigenvalue weighted by Crippen LogP contribution is 2.46. The molecule has 0 radical (unpaired) electrons. The van der Waals surface area contributed by atoms with E-state index in [0.29, 0.717) is 10.9 Å². The van der Waals surface area contributed by atoms with Gasteiger partial charge in [-0.2, -0.15) is 5.10 Å². The van der Waals surface area contributed by atoms with E-state index in [1.165, 1.54) is 12.8 Å². The van der Waals surface area contributed by atoms with Crippen molar-refractivity contribution in [3.05, 3.63) is 41.2 Å². The summed E-state index contributed by atoms with van der Waals surface area (Å²) in [5.74, 6) is 0.666. The molecular weight excluding hydrogens is 466 g/mol. The molecule has 2 fully saturated rings. The van der Waals surface area contributed by atoms with Crippen LogP contribution in [-0.2, 0) is 9.47 Å². The number of carbonyl (C=O) groups excluding carboxylic acids is 2. The number of ether oxygens (including phenoxy) is 2. The van der Waals surface area contributed by atoms with Crippen LogP contribution < -0.4 is 0 Å². The van der Waals surface area contributed by atoms with Crippen molar-refractivity contribution in [2.75, 3.05) is 6.54 Å². The van der Waals surface area contributed by atoms with Gasteiger partial charge in [-0.3, -0.25) is 4.68 Å². The van der Waals surface area contributed by atoms with Crippen LogP contribution >= 0.6 is 11.6 Å². The minimum atomic E-state index is -0.704. The number of carbonyl (C=O) groups is 2. The summed E-state index contributed by atoms with van der Waals surface area (Å²) in [4.78, 5) is 26.7. The molecule has 2 aliphatic rings. The largest absolute Gasteiger partial charge is 0.443 e. The van der Waals surface area contributed by atoms with E-state index in [-0.39, 0.29) is 18.5 Å². The van der Waals surface area contributed by atoms with E-state index in [1.54, 1.807) is 41.5 Å². The van der Waals surface area contributed by atoms with Gasteiger partial charge in [0.2, 0.25) is 0 Å². The van der Waals surface area contributed by atoms with E-state index in [1.807, 2.05) is 18.2 Å².